The molecule has 0 spiro atoms. The molecule has 0 saturated carbocycles. The molecule has 0 fully saturated rings. The quantitative estimate of drug-likeness (QED) is 0.755. The zero-order chi connectivity index (χ0) is 17.8. The van der Waals surface area contributed by atoms with E-state index in [9.17, 15) is 14.4 Å². The number of halogens is 1. The Morgan fingerprint density at radius 3 is 2.16 bits per heavy atom. The van der Waals surface area contributed by atoms with Crippen molar-refractivity contribution in [2.45, 2.75) is 6.54 Å². The Labute approximate surface area is 153 Å². The van der Waals surface area contributed by atoms with E-state index in [1.165, 1.54) is 0 Å². The van der Waals surface area contributed by atoms with Crippen molar-refractivity contribution < 1.29 is 14.4 Å². The van der Waals surface area contributed by atoms with Crippen molar-refractivity contribution in [2.75, 3.05) is 13.1 Å². The Hall–Kier alpha value is -2.67. The molecule has 1 aliphatic heterocycles. The summed E-state index contributed by atoms with van der Waals surface area (Å²) < 4.78 is 0.918. The van der Waals surface area contributed by atoms with Crippen LogP contribution in [0.15, 0.2) is 53.0 Å². The maximum atomic E-state index is 12.2. The first kappa shape index (κ1) is 17.2. The number of fused-ring (bicyclic) bond motifs is 1. The zero-order valence-electron chi connectivity index (χ0n) is 13.3. The maximum Gasteiger partial charge on any atom is 0.315 e. The van der Waals surface area contributed by atoms with Crippen molar-refractivity contribution >= 4 is 33.8 Å². The third-order valence-electron chi connectivity index (χ3n) is 3.90. The average Bonchev–Trinajstić information content (AvgIpc) is 2.86. The fourth-order valence-electron chi connectivity index (χ4n) is 2.60. The highest BCUT2D eigenvalue weighted by molar-refractivity contribution is 9.10. The third kappa shape index (κ3) is 3.71. The molecule has 0 atom stereocenters. The minimum atomic E-state index is -0.354. The lowest BCUT2D eigenvalue weighted by Gasteiger charge is -2.14. The summed E-state index contributed by atoms with van der Waals surface area (Å²) in [6.45, 7) is 0.697. The normalized spacial score (nSPS) is 12.9. The molecular formula is C18H16BrN3O3. The van der Waals surface area contributed by atoms with Crippen LogP contribution in [0.5, 0.6) is 0 Å². The first-order chi connectivity index (χ1) is 12.1. The number of rotatable bonds is 5. The van der Waals surface area contributed by atoms with E-state index in [1.54, 1.807) is 24.3 Å². The van der Waals surface area contributed by atoms with Crippen LogP contribution in [-0.2, 0) is 6.54 Å². The number of imide groups is 1. The molecule has 1 heterocycles. The number of nitrogens with one attached hydrogen (secondary N) is 2. The van der Waals surface area contributed by atoms with Gasteiger partial charge in [-0.15, -0.1) is 0 Å². The summed E-state index contributed by atoms with van der Waals surface area (Å²) in [7, 11) is 0. The van der Waals surface area contributed by atoms with Crippen LogP contribution in [0.4, 0.5) is 4.79 Å². The van der Waals surface area contributed by atoms with E-state index in [0.29, 0.717) is 17.7 Å². The minimum absolute atomic E-state index is 0.134. The van der Waals surface area contributed by atoms with Crippen LogP contribution < -0.4 is 10.6 Å². The van der Waals surface area contributed by atoms with Gasteiger partial charge in [-0.1, -0.05) is 46.3 Å². The van der Waals surface area contributed by atoms with Gasteiger partial charge in [0.25, 0.3) is 11.8 Å². The molecule has 1 aliphatic rings. The second-order valence-electron chi connectivity index (χ2n) is 5.51. The average molecular weight is 402 g/mol. The van der Waals surface area contributed by atoms with Gasteiger partial charge in [-0.25, -0.2) is 4.79 Å². The van der Waals surface area contributed by atoms with E-state index in [4.69, 9.17) is 0 Å². The molecule has 0 unspecified atom stereocenters. The lowest BCUT2D eigenvalue weighted by Crippen LogP contribution is -2.41. The van der Waals surface area contributed by atoms with Gasteiger partial charge in [-0.05, 0) is 23.8 Å². The van der Waals surface area contributed by atoms with Gasteiger partial charge in [0, 0.05) is 24.1 Å². The van der Waals surface area contributed by atoms with Gasteiger partial charge in [-0.3, -0.25) is 14.5 Å². The Bertz CT molecular complexity index is 803. The third-order valence-corrected chi connectivity index (χ3v) is 4.67. The smallest absolute Gasteiger partial charge is 0.315 e. The molecule has 128 valence electrons. The molecule has 0 aliphatic carbocycles. The van der Waals surface area contributed by atoms with E-state index in [0.717, 1.165) is 14.9 Å². The monoisotopic (exact) mass is 401 g/mol. The van der Waals surface area contributed by atoms with Gasteiger partial charge in [-0.2, -0.15) is 0 Å². The lowest BCUT2D eigenvalue weighted by atomic mass is 10.1. The van der Waals surface area contributed by atoms with E-state index >= 15 is 0 Å². The van der Waals surface area contributed by atoms with E-state index in [1.807, 2.05) is 24.3 Å². The lowest BCUT2D eigenvalue weighted by molar-refractivity contribution is 0.0656. The molecule has 6 nitrogen and oxygen atoms in total. The minimum Gasteiger partial charge on any atom is -0.336 e. The predicted octanol–water partition coefficient (Wildman–Crippen LogP) is 2.54. The molecule has 2 aromatic rings. The summed E-state index contributed by atoms with van der Waals surface area (Å²) >= 11 is 3.42. The Kier molecular flexibility index (Phi) is 5.14. The van der Waals surface area contributed by atoms with Gasteiger partial charge in [0.15, 0.2) is 0 Å². The Balaban J connectivity index is 1.47. The van der Waals surface area contributed by atoms with Crippen LogP contribution in [0.3, 0.4) is 0 Å². The predicted molar refractivity (Wildman–Crippen MR) is 96.2 cm³/mol. The van der Waals surface area contributed by atoms with Gasteiger partial charge >= 0.3 is 6.03 Å². The summed E-state index contributed by atoms with van der Waals surface area (Å²) in [6.07, 6.45) is 0. The number of carbonyl (C=O) groups is 3. The molecule has 3 rings (SSSR count). The molecular weight excluding hydrogens is 386 g/mol. The summed E-state index contributed by atoms with van der Waals surface area (Å²) in [5, 5.41) is 5.39. The number of hydrogen-bond acceptors (Lipinski definition) is 3. The highest BCUT2D eigenvalue weighted by Crippen LogP contribution is 2.21. The van der Waals surface area contributed by atoms with Crippen LogP contribution in [0.25, 0.3) is 0 Å². The molecule has 25 heavy (non-hydrogen) atoms. The number of nitrogens with zero attached hydrogens (tertiary/aromatic N) is 1. The number of carbonyl (C=O) groups excluding carboxylic acids is 3. The van der Waals surface area contributed by atoms with Gasteiger partial charge in [0.05, 0.1) is 11.1 Å². The van der Waals surface area contributed by atoms with E-state index in [-0.39, 0.29) is 30.9 Å². The Morgan fingerprint density at radius 2 is 1.52 bits per heavy atom. The Morgan fingerprint density at radius 1 is 0.920 bits per heavy atom. The first-order valence-corrected chi connectivity index (χ1v) is 8.57. The molecule has 0 radical (unpaired) electrons. The van der Waals surface area contributed by atoms with Crippen molar-refractivity contribution in [3.63, 3.8) is 0 Å². The van der Waals surface area contributed by atoms with Crippen molar-refractivity contribution in [3.05, 3.63) is 69.7 Å². The van der Waals surface area contributed by atoms with Crippen LogP contribution >= 0.6 is 15.9 Å². The molecule has 4 amide bonds. The number of urea groups is 1. The summed E-state index contributed by atoms with van der Waals surface area (Å²) in [5.74, 6) is -0.646. The summed E-state index contributed by atoms with van der Waals surface area (Å²) in [4.78, 5) is 37.4. The zero-order valence-corrected chi connectivity index (χ0v) is 14.9. The van der Waals surface area contributed by atoms with Crippen LogP contribution in [0.2, 0.25) is 0 Å². The van der Waals surface area contributed by atoms with Crippen molar-refractivity contribution in [3.8, 4) is 0 Å². The largest absolute Gasteiger partial charge is 0.336 e. The molecule has 2 aromatic carbocycles. The number of hydrogen-bond donors (Lipinski definition) is 2. The SMILES string of the molecule is O=C(NCCN1C(=O)c2ccccc2C1=O)NCc1ccccc1Br. The highest BCUT2D eigenvalue weighted by Gasteiger charge is 2.34. The molecule has 0 saturated heterocycles. The van der Waals surface area contributed by atoms with Crippen molar-refractivity contribution in [2.24, 2.45) is 0 Å². The number of benzene rings is 2. The standard InChI is InChI=1S/C18H16BrN3O3/c19-15-8-4-1-5-12(15)11-21-18(25)20-9-10-22-16(23)13-6-2-3-7-14(13)17(22)24/h1-8H,9-11H2,(H2,20,21,25). The second kappa shape index (κ2) is 7.48. The topological polar surface area (TPSA) is 78.5 Å². The molecule has 0 aromatic heterocycles. The van der Waals surface area contributed by atoms with Crippen LogP contribution in [-0.4, -0.2) is 35.8 Å². The molecule has 7 heteroatoms. The van der Waals surface area contributed by atoms with Gasteiger partial charge in [0.1, 0.15) is 0 Å². The fraction of sp³-hybridized carbons (Fsp3) is 0.167. The van der Waals surface area contributed by atoms with Crippen LogP contribution in [0, 0.1) is 0 Å². The van der Waals surface area contributed by atoms with Gasteiger partial charge < -0.3 is 10.6 Å². The maximum absolute atomic E-state index is 12.2. The molecule has 2 N–H and O–H groups in total. The number of amides is 4. The second-order valence-corrected chi connectivity index (χ2v) is 6.36. The van der Waals surface area contributed by atoms with E-state index in [2.05, 4.69) is 26.6 Å². The van der Waals surface area contributed by atoms with Crippen molar-refractivity contribution in [1.82, 2.24) is 15.5 Å². The fourth-order valence-corrected chi connectivity index (χ4v) is 3.03. The summed E-state index contributed by atoms with van der Waals surface area (Å²) in [6, 6.07) is 14.0. The first-order valence-electron chi connectivity index (χ1n) is 7.78. The van der Waals surface area contributed by atoms with E-state index < -0.39 is 0 Å². The highest BCUT2D eigenvalue weighted by atomic mass is 79.9. The van der Waals surface area contributed by atoms with Gasteiger partial charge in [0.2, 0.25) is 0 Å². The molecule has 0 bridgehead atoms. The summed E-state index contributed by atoms with van der Waals surface area (Å²) in [5.41, 5.74) is 1.77. The van der Waals surface area contributed by atoms with Crippen molar-refractivity contribution in [1.29, 1.82) is 0 Å². The van der Waals surface area contributed by atoms with Crippen LogP contribution in [0.1, 0.15) is 26.3 Å².